The molecule has 0 saturated carbocycles. The zero-order valence-electron chi connectivity index (χ0n) is 14.4. The molecule has 0 amide bonds. The van der Waals surface area contributed by atoms with Crippen LogP contribution < -0.4 is 0 Å². The molecular formula is C20H14ClN5O. The van der Waals surface area contributed by atoms with Crippen LogP contribution in [0.25, 0.3) is 17.3 Å². The van der Waals surface area contributed by atoms with Crippen LogP contribution in [0.4, 0.5) is 0 Å². The summed E-state index contributed by atoms with van der Waals surface area (Å²) >= 11 is 6.30. The Labute approximate surface area is 160 Å². The van der Waals surface area contributed by atoms with Crippen molar-refractivity contribution in [3.05, 3.63) is 82.5 Å². The fourth-order valence-corrected chi connectivity index (χ4v) is 3.47. The zero-order chi connectivity index (χ0) is 18.4. The molecule has 3 heterocycles. The molecule has 2 aromatic heterocycles. The Balaban J connectivity index is 1.74. The molecule has 5 rings (SSSR count). The Morgan fingerprint density at radius 2 is 1.96 bits per heavy atom. The van der Waals surface area contributed by atoms with E-state index in [9.17, 15) is 0 Å². The molecule has 0 aliphatic carbocycles. The summed E-state index contributed by atoms with van der Waals surface area (Å²) in [5.41, 5.74) is 5.39. The van der Waals surface area contributed by atoms with Crippen molar-refractivity contribution in [1.82, 2.24) is 19.7 Å². The quantitative estimate of drug-likeness (QED) is 0.525. The lowest BCUT2D eigenvalue weighted by atomic mass is 10.0. The lowest BCUT2D eigenvalue weighted by molar-refractivity contribution is 0.424. The van der Waals surface area contributed by atoms with Crippen molar-refractivity contribution < 1.29 is 4.52 Å². The van der Waals surface area contributed by atoms with Gasteiger partial charge in [-0.15, -0.1) is 0 Å². The van der Waals surface area contributed by atoms with Crippen molar-refractivity contribution >= 4 is 17.3 Å². The van der Waals surface area contributed by atoms with Crippen LogP contribution >= 0.6 is 11.6 Å². The smallest absolute Gasteiger partial charge is 0.278 e. The van der Waals surface area contributed by atoms with Gasteiger partial charge in [-0.2, -0.15) is 4.98 Å². The minimum atomic E-state index is 0.398. The molecule has 7 heteroatoms. The van der Waals surface area contributed by atoms with Crippen LogP contribution in [0.2, 0.25) is 5.02 Å². The van der Waals surface area contributed by atoms with Gasteiger partial charge in [0, 0.05) is 16.1 Å². The van der Waals surface area contributed by atoms with E-state index in [2.05, 4.69) is 15.1 Å². The van der Waals surface area contributed by atoms with Crippen LogP contribution in [0.5, 0.6) is 0 Å². The number of aryl methyl sites for hydroxylation is 1. The molecule has 2 aromatic carbocycles. The Kier molecular flexibility index (Phi) is 3.65. The van der Waals surface area contributed by atoms with Gasteiger partial charge in [-0.3, -0.25) is 9.56 Å². The minimum Gasteiger partial charge on any atom is -0.332 e. The number of nitrogens with zero attached hydrogens (tertiary/aromatic N) is 5. The van der Waals surface area contributed by atoms with E-state index in [4.69, 9.17) is 21.1 Å². The fraction of sp³-hybridized carbons (Fsp3) is 0.100. The van der Waals surface area contributed by atoms with Crippen molar-refractivity contribution in [3.63, 3.8) is 0 Å². The third-order valence-corrected chi connectivity index (χ3v) is 4.74. The van der Waals surface area contributed by atoms with Gasteiger partial charge >= 0.3 is 0 Å². The van der Waals surface area contributed by atoms with Gasteiger partial charge in [-0.05, 0) is 25.1 Å². The number of aromatic nitrogens is 4. The van der Waals surface area contributed by atoms with E-state index >= 15 is 0 Å². The van der Waals surface area contributed by atoms with E-state index in [-0.39, 0.29) is 0 Å². The van der Waals surface area contributed by atoms with E-state index in [1.54, 1.807) is 13.3 Å². The molecule has 27 heavy (non-hydrogen) atoms. The molecule has 0 spiro atoms. The normalized spacial score (nSPS) is 12.9. The van der Waals surface area contributed by atoms with Gasteiger partial charge in [-0.1, -0.05) is 47.1 Å². The fourth-order valence-electron chi connectivity index (χ4n) is 3.29. The maximum atomic E-state index is 6.30. The minimum absolute atomic E-state index is 0.398. The van der Waals surface area contributed by atoms with E-state index < -0.39 is 0 Å². The van der Waals surface area contributed by atoms with Crippen molar-refractivity contribution in [2.45, 2.75) is 13.5 Å². The Hall–Kier alpha value is -3.25. The maximum Gasteiger partial charge on any atom is 0.278 e. The topological polar surface area (TPSA) is 69.1 Å². The lowest BCUT2D eigenvalue weighted by Crippen LogP contribution is -2.06. The number of benzene rings is 2. The first-order valence-corrected chi connectivity index (χ1v) is 8.85. The summed E-state index contributed by atoms with van der Waals surface area (Å²) in [4.78, 5) is 13.7. The molecule has 0 N–H and O–H groups in total. The van der Waals surface area contributed by atoms with Crippen LogP contribution in [0, 0.1) is 6.92 Å². The second-order valence-corrected chi connectivity index (χ2v) is 6.69. The van der Waals surface area contributed by atoms with E-state index in [1.165, 1.54) is 0 Å². The number of aliphatic imine (C=N–C) groups is 1. The van der Waals surface area contributed by atoms with Crippen LogP contribution in [0.1, 0.15) is 22.6 Å². The van der Waals surface area contributed by atoms with Gasteiger partial charge in [0.25, 0.3) is 5.89 Å². The average Bonchev–Trinajstić information content (AvgIpc) is 3.25. The molecular weight excluding hydrogens is 362 g/mol. The van der Waals surface area contributed by atoms with Crippen molar-refractivity contribution in [1.29, 1.82) is 0 Å². The molecule has 0 fully saturated rings. The second-order valence-electron chi connectivity index (χ2n) is 6.25. The summed E-state index contributed by atoms with van der Waals surface area (Å²) in [6, 6.07) is 15.9. The van der Waals surface area contributed by atoms with Crippen LogP contribution in [0.15, 0.2) is 64.4 Å². The first-order chi connectivity index (χ1) is 13.2. The molecule has 0 atom stereocenters. The monoisotopic (exact) mass is 375 g/mol. The van der Waals surface area contributed by atoms with Gasteiger partial charge in [0.05, 0.1) is 23.6 Å². The molecule has 0 unspecified atom stereocenters. The van der Waals surface area contributed by atoms with Crippen LogP contribution in [0.3, 0.4) is 0 Å². The van der Waals surface area contributed by atoms with Gasteiger partial charge in [0.15, 0.2) is 11.5 Å². The summed E-state index contributed by atoms with van der Waals surface area (Å²) in [5, 5.41) is 4.54. The summed E-state index contributed by atoms with van der Waals surface area (Å²) in [6.45, 7) is 2.22. The Morgan fingerprint density at radius 3 is 2.74 bits per heavy atom. The summed E-state index contributed by atoms with van der Waals surface area (Å²) in [7, 11) is 0. The largest absolute Gasteiger partial charge is 0.332 e. The molecule has 6 nitrogen and oxygen atoms in total. The van der Waals surface area contributed by atoms with Gasteiger partial charge in [0.2, 0.25) is 0 Å². The van der Waals surface area contributed by atoms with E-state index in [0.717, 1.165) is 28.2 Å². The number of hydrogen-bond acceptors (Lipinski definition) is 5. The number of fused-ring (bicyclic) bond motifs is 3. The van der Waals surface area contributed by atoms with Crippen LogP contribution in [-0.2, 0) is 6.54 Å². The SMILES string of the molecule is Cc1noc(-c2ncn3c2CN=C(c2ccccc2)c2cc(Cl)ccc2-3)n1. The summed E-state index contributed by atoms with van der Waals surface area (Å²) in [5.74, 6) is 0.969. The van der Waals surface area contributed by atoms with Gasteiger partial charge < -0.3 is 4.52 Å². The molecule has 4 aromatic rings. The molecule has 1 aliphatic heterocycles. The third kappa shape index (κ3) is 2.65. The molecule has 0 bridgehead atoms. The standard InChI is InChI=1S/C20H14ClN5O/c1-12-24-20(27-25-12)19-17-10-22-18(13-5-3-2-4-6-13)15-9-14(21)7-8-16(15)26(17)11-23-19/h2-9,11H,10H2,1H3. The van der Waals surface area contributed by atoms with Crippen molar-refractivity contribution in [2.24, 2.45) is 4.99 Å². The Bertz CT molecular complexity index is 1180. The first-order valence-electron chi connectivity index (χ1n) is 8.48. The number of rotatable bonds is 2. The molecule has 132 valence electrons. The van der Waals surface area contributed by atoms with Gasteiger partial charge in [0.1, 0.15) is 6.33 Å². The summed E-state index contributed by atoms with van der Waals surface area (Å²) < 4.78 is 7.34. The maximum absolute atomic E-state index is 6.30. The third-order valence-electron chi connectivity index (χ3n) is 4.50. The predicted octanol–water partition coefficient (Wildman–Crippen LogP) is 4.24. The highest BCUT2D eigenvalue weighted by Crippen LogP contribution is 2.31. The van der Waals surface area contributed by atoms with E-state index in [1.807, 2.05) is 53.1 Å². The lowest BCUT2D eigenvalue weighted by Gasteiger charge is -2.12. The van der Waals surface area contributed by atoms with E-state index in [0.29, 0.717) is 29.0 Å². The second kappa shape index (κ2) is 6.17. The molecule has 0 radical (unpaired) electrons. The van der Waals surface area contributed by atoms with Crippen LogP contribution in [-0.4, -0.2) is 25.4 Å². The highest BCUT2D eigenvalue weighted by Gasteiger charge is 2.24. The van der Waals surface area contributed by atoms with Crippen molar-refractivity contribution in [3.8, 4) is 17.3 Å². The number of halogens is 1. The summed E-state index contributed by atoms with van der Waals surface area (Å²) in [6.07, 6.45) is 1.76. The predicted molar refractivity (Wildman–Crippen MR) is 102 cm³/mol. The molecule has 0 saturated heterocycles. The number of imidazole rings is 1. The molecule has 1 aliphatic rings. The Morgan fingerprint density at radius 1 is 1.11 bits per heavy atom. The highest BCUT2D eigenvalue weighted by atomic mass is 35.5. The van der Waals surface area contributed by atoms with Crippen molar-refractivity contribution in [2.75, 3.05) is 0 Å². The highest BCUT2D eigenvalue weighted by molar-refractivity contribution is 6.31. The first kappa shape index (κ1) is 16.0. The number of hydrogen-bond donors (Lipinski definition) is 0. The zero-order valence-corrected chi connectivity index (χ0v) is 15.2. The average molecular weight is 376 g/mol. The van der Waals surface area contributed by atoms with Gasteiger partial charge in [-0.25, -0.2) is 4.98 Å².